The number of amides is 2. The zero-order chi connectivity index (χ0) is 44.0. The molecule has 4 aromatic carbocycles. The monoisotopic (exact) mass is 864 g/mol. The average molecular weight is 865 g/mol. The van der Waals surface area contributed by atoms with Crippen molar-refractivity contribution in [3.63, 3.8) is 0 Å². The molecular formula is C45H52N8O8S. The lowest BCUT2D eigenvalue weighted by molar-refractivity contribution is -0.387. The molecule has 0 radical (unpaired) electrons. The Labute approximate surface area is 361 Å². The largest absolute Gasteiger partial charge is 0.378 e. The van der Waals surface area contributed by atoms with Crippen LogP contribution in [0.5, 0.6) is 0 Å². The van der Waals surface area contributed by atoms with Crippen LogP contribution in [0, 0.1) is 10.1 Å². The molecule has 2 aliphatic rings. The number of fused-ring (bicyclic) bond motifs is 2. The van der Waals surface area contributed by atoms with Gasteiger partial charge in [-0.3, -0.25) is 19.7 Å². The second-order valence-corrected chi connectivity index (χ2v) is 17.3. The first-order chi connectivity index (χ1) is 29.9. The van der Waals surface area contributed by atoms with Gasteiger partial charge in [-0.05, 0) is 80.3 Å². The van der Waals surface area contributed by atoms with E-state index in [1.807, 2.05) is 61.2 Å². The summed E-state index contributed by atoms with van der Waals surface area (Å²) in [5.74, 6) is 0.0340. The molecule has 17 heteroatoms. The Kier molecular flexibility index (Phi) is 13.8. The highest BCUT2D eigenvalue weighted by molar-refractivity contribution is 7.89. The van der Waals surface area contributed by atoms with Gasteiger partial charge in [0.2, 0.25) is 11.8 Å². The average Bonchev–Trinajstić information content (AvgIpc) is 3.76. The van der Waals surface area contributed by atoms with Gasteiger partial charge in [-0.1, -0.05) is 67.6 Å². The Balaban J connectivity index is 0.950. The summed E-state index contributed by atoms with van der Waals surface area (Å²) in [4.78, 5) is 40.2. The van der Waals surface area contributed by atoms with Crippen LogP contribution < -0.4 is 15.1 Å². The van der Waals surface area contributed by atoms with Crippen molar-refractivity contribution in [2.75, 3.05) is 41.5 Å². The number of hydrogen-bond acceptors (Lipinski definition) is 11. The van der Waals surface area contributed by atoms with E-state index in [1.165, 1.54) is 28.6 Å². The van der Waals surface area contributed by atoms with Crippen molar-refractivity contribution in [1.82, 2.24) is 19.3 Å². The maximum Gasteiger partial charge on any atom is 0.289 e. The van der Waals surface area contributed by atoms with E-state index in [0.29, 0.717) is 23.4 Å². The molecule has 0 saturated heterocycles. The minimum atomic E-state index is -4.42. The van der Waals surface area contributed by atoms with Gasteiger partial charge in [0.05, 0.1) is 55.3 Å². The molecule has 16 nitrogen and oxygen atoms in total. The number of nitro groups is 1. The zero-order valence-corrected chi connectivity index (χ0v) is 36.1. The van der Waals surface area contributed by atoms with E-state index in [4.69, 9.17) is 9.47 Å². The number of hydrogen-bond donors (Lipinski definition) is 1. The highest BCUT2D eigenvalue weighted by Gasteiger charge is 2.42. The predicted molar refractivity (Wildman–Crippen MR) is 235 cm³/mol. The number of benzene rings is 4. The molecule has 2 amide bonds. The smallest absolute Gasteiger partial charge is 0.289 e. The van der Waals surface area contributed by atoms with Crippen molar-refractivity contribution in [3.05, 3.63) is 130 Å². The lowest BCUT2D eigenvalue weighted by Crippen LogP contribution is -2.48. The fourth-order valence-electron chi connectivity index (χ4n) is 8.45. The number of aromatic nitrogens is 3. The molecule has 326 valence electrons. The van der Waals surface area contributed by atoms with Gasteiger partial charge in [-0.25, -0.2) is 13.1 Å². The van der Waals surface area contributed by atoms with Crippen molar-refractivity contribution >= 4 is 44.6 Å². The number of carbonyl (C=O) groups is 2. The van der Waals surface area contributed by atoms with Crippen molar-refractivity contribution in [2.24, 2.45) is 0 Å². The summed E-state index contributed by atoms with van der Waals surface area (Å²) in [5, 5.41) is 24.1. The van der Waals surface area contributed by atoms with Crippen molar-refractivity contribution in [1.29, 1.82) is 0 Å². The highest BCUT2D eigenvalue weighted by Crippen LogP contribution is 2.44. The van der Waals surface area contributed by atoms with Gasteiger partial charge in [-0.15, -0.1) is 5.10 Å². The van der Waals surface area contributed by atoms with Gasteiger partial charge >= 0.3 is 0 Å². The van der Waals surface area contributed by atoms with Crippen LogP contribution in [0.4, 0.5) is 22.7 Å². The third-order valence-corrected chi connectivity index (χ3v) is 13.3. The summed E-state index contributed by atoms with van der Waals surface area (Å²) in [7, 11) is -4.42. The minimum absolute atomic E-state index is 0.0157. The van der Waals surface area contributed by atoms with Gasteiger partial charge in [-0.2, -0.15) is 4.31 Å². The summed E-state index contributed by atoms with van der Waals surface area (Å²) in [6.07, 6.45) is 3.58. The molecular weight excluding hydrogens is 813 g/mol. The first-order valence-corrected chi connectivity index (χ1v) is 22.4. The van der Waals surface area contributed by atoms with E-state index in [0.717, 1.165) is 29.0 Å². The molecule has 3 heterocycles. The van der Waals surface area contributed by atoms with Gasteiger partial charge < -0.3 is 24.6 Å². The number of para-hydroxylation sites is 3. The first kappa shape index (κ1) is 44.1. The summed E-state index contributed by atoms with van der Waals surface area (Å²) < 4.78 is 43.4. The maximum atomic E-state index is 14.4. The summed E-state index contributed by atoms with van der Waals surface area (Å²) in [5.41, 5.74) is 5.13. The quantitative estimate of drug-likeness (QED) is 0.0560. The summed E-state index contributed by atoms with van der Waals surface area (Å²) in [6.45, 7) is 8.01. The Morgan fingerprint density at radius 2 is 1.40 bits per heavy atom. The normalized spacial score (nSPS) is 18.6. The van der Waals surface area contributed by atoms with E-state index in [2.05, 4.69) is 28.6 Å². The molecule has 0 saturated carbocycles. The van der Waals surface area contributed by atoms with E-state index < -0.39 is 31.6 Å². The van der Waals surface area contributed by atoms with Crippen molar-refractivity contribution in [3.8, 4) is 5.69 Å². The maximum absolute atomic E-state index is 14.4. The molecule has 0 fully saturated rings. The standard InChI is InChI=1S/C45H52N8O8S/c1-5-44(54)51-31(3)27-38(36-13-7-9-15-39(36)51)46-33-19-21-35(22-20-33)49-29-34(47-48-49)30-61-26-25-60-24-23-50(62(58,59)43-18-12-11-17-41(43)53(56)57)42-28-32(4)52(45(55)6-2)40-16-10-8-14-37(40)42/h7-22,29,31-32,38,42,46H,5-6,23-28,30H2,1-4H3/t31-,32-,38+,42+/m0/s1. The fourth-order valence-corrected chi connectivity index (χ4v) is 10.2. The van der Waals surface area contributed by atoms with Gasteiger partial charge in [0.25, 0.3) is 15.7 Å². The number of sulfonamides is 1. The lowest BCUT2D eigenvalue weighted by atomic mass is 9.91. The molecule has 4 atom stereocenters. The van der Waals surface area contributed by atoms with E-state index in [9.17, 15) is 28.1 Å². The molecule has 0 unspecified atom stereocenters. The van der Waals surface area contributed by atoms with Crippen LogP contribution >= 0.6 is 0 Å². The molecule has 0 bridgehead atoms. The van der Waals surface area contributed by atoms with Crippen LogP contribution in [0.2, 0.25) is 0 Å². The summed E-state index contributed by atoms with van der Waals surface area (Å²) in [6, 6.07) is 27.5. The fraction of sp³-hybridized carbons (Fsp3) is 0.378. The van der Waals surface area contributed by atoms with Crippen LogP contribution in [-0.2, 0) is 35.7 Å². The topological polar surface area (TPSA) is 182 Å². The molecule has 7 rings (SSSR count). The number of nitrogens with zero attached hydrogens (tertiary/aromatic N) is 7. The van der Waals surface area contributed by atoms with Gasteiger partial charge in [0.15, 0.2) is 4.90 Å². The third kappa shape index (κ3) is 9.25. The van der Waals surface area contributed by atoms with Crippen molar-refractivity contribution in [2.45, 2.75) is 89.0 Å². The Hall–Kier alpha value is -6.01. The first-order valence-electron chi connectivity index (χ1n) is 20.9. The number of rotatable bonds is 17. The molecule has 2 aliphatic heterocycles. The lowest BCUT2D eigenvalue weighted by Gasteiger charge is -2.43. The van der Waals surface area contributed by atoms with Crippen molar-refractivity contribution < 1.29 is 32.4 Å². The molecule has 0 aliphatic carbocycles. The Morgan fingerprint density at radius 1 is 0.806 bits per heavy atom. The predicted octanol–water partition coefficient (Wildman–Crippen LogP) is 7.36. The van der Waals surface area contributed by atoms with E-state index in [-0.39, 0.29) is 75.8 Å². The van der Waals surface area contributed by atoms with E-state index in [1.54, 1.807) is 47.0 Å². The van der Waals surface area contributed by atoms with Crippen LogP contribution in [0.3, 0.4) is 0 Å². The number of nitrogens with one attached hydrogen (secondary N) is 1. The zero-order valence-electron chi connectivity index (χ0n) is 35.3. The second kappa shape index (κ2) is 19.4. The number of carbonyl (C=O) groups excluding carboxylic acids is 2. The second-order valence-electron chi connectivity index (χ2n) is 15.4. The van der Waals surface area contributed by atoms with Gasteiger partial charge in [0, 0.05) is 54.6 Å². The number of nitro benzene ring substituents is 1. The summed E-state index contributed by atoms with van der Waals surface area (Å²) >= 11 is 0. The van der Waals surface area contributed by atoms with Crippen LogP contribution in [0.15, 0.2) is 108 Å². The molecule has 1 aromatic heterocycles. The molecule has 1 N–H and O–H groups in total. The number of anilines is 3. The minimum Gasteiger partial charge on any atom is -0.378 e. The Morgan fingerprint density at radius 3 is 2.08 bits per heavy atom. The molecule has 5 aromatic rings. The van der Waals surface area contributed by atoms with Crippen LogP contribution in [0.1, 0.15) is 82.3 Å². The van der Waals surface area contributed by atoms with Gasteiger partial charge in [0.1, 0.15) is 5.69 Å². The molecule has 62 heavy (non-hydrogen) atoms. The molecule has 0 spiro atoms. The highest BCUT2D eigenvalue weighted by atomic mass is 32.2. The van der Waals surface area contributed by atoms with Crippen LogP contribution in [0.25, 0.3) is 5.69 Å². The van der Waals surface area contributed by atoms with E-state index >= 15 is 0 Å². The number of ether oxygens (including phenoxy) is 2. The third-order valence-electron chi connectivity index (χ3n) is 11.4. The van der Waals surface area contributed by atoms with Crippen LogP contribution in [-0.4, -0.2) is 82.9 Å². The Bertz CT molecular complexity index is 2500. The SMILES string of the molecule is CCC(=O)N1c2ccccc2[C@H](N(CCOCCOCc2cn(-c3ccc(N[C@@H]4C[C@H](C)N(C(=O)CC)c5ccccc54)cc3)nn2)S(=O)(=O)c2ccccc2[N+](=O)[O-])C[C@@H]1C.